The van der Waals surface area contributed by atoms with Crippen LogP contribution in [0.1, 0.15) is 25.0 Å². The number of rotatable bonds is 3. The fraction of sp³-hybridized carbons (Fsp3) is 0.467. The van der Waals surface area contributed by atoms with Crippen LogP contribution >= 0.6 is 11.8 Å². The normalized spacial score (nSPS) is 17.8. The minimum Gasteiger partial charge on any atom is -0.342 e. The van der Waals surface area contributed by atoms with Gasteiger partial charge in [0.15, 0.2) is 5.17 Å². The zero-order chi connectivity index (χ0) is 14.0. The van der Waals surface area contributed by atoms with Crippen LogP contribution in [0.2, 0.25) is 0 Å². The van der Waals surface area contributed by atoms with Gasteiger partial charge in [0.1, 0.15) is 0 Å². The molecule has 0 radical (unpaired) electrons. The van der Waals surface area contributed by atoms with Crippen molar-refractivity contribution in [1.29, 1.82) is 0 Å². The highest BCUT2D eigenvalue weighted by molar-refractivity contribution is 8.26. The summed E-state index contributed by atoms with van der Waals surface area (Å²) in [7, 11) is 0. The van der Waals surface area contributed by atoms with E-state index in [0.29, 0.717) is 12.5 Å². The summed E-state index contributed by atoms with van der Waals surface area (Å²) >= 11 is 1.26. The SMILES string of the molecule is Cc1ccc(N=C2SC(=O)CN2CC(C)C)c(C)c1. The van der Waals surface area contributed by atoms with Gasteiger partial charge in [0, 0.05) is 6.54 Å². The number of hydrogen-bond donors (Lipinski definition) is 0. The molecule has 0 saturated carbocycles. The summed E-state index contributed by atoms with van der Waals surface area (Å²) in [4.78, 5) is 18.4. The molecule has 19 heavy (non-hydrogen) atoms. The van der Waals surface area contributed by atoms with Crippen LogP contribution in [-0.2, 0) is 4.79 Å². The highest BCUT2D eigenvalue weighted by Gasteiger charge is 2.27. The predicted molar refractivity (Wildman–Crippen MR) is 82.0 cm³/mol. The standard InChI is InChI=1S/C15H20N2OS/c1-10(2)8-17-9-14(18)19-15(17)16-13-6-5-11(3)7-12(13)4/h5-7,10H,8-9H2,1-4H3. The number of aliphatic imine (C=N–C) groups is 1. The van der Waals surface area contributed by atoms with Crippen LogP contribution in [0.15, 0.2) is 23.2 Å². The van der Waals surface area contributed by atoms with Gasteiger partial charge in [-0.1, -0.05) is 31.5 Å². The van der Waals surface area contributed by atoms with E-state index in [-0.39, 0.29) is 5.12 Å². The molecule has 1 saturated heterocycles. The van der Waals surface area contributed by atoms with Crippen molar-refractivity contribution in [2.75, 3.05) is 13.1 Å². The van der Waals surface area contributed by atoms with Gasteiger partial charge < -0.3 is 4.90 Å². The lowest BCUT2D eigenvalue weighted by molar-refractivity contribution is -0.110. The zero-order valence-electron chi connectivity index (χ0n) is 11.9. The molecule has 1 fully saturated rings. The average molecular weight is 276 g/mol. The van der Waals surface area contributed by atoms with E-state index in [9.17, 15) is 4.79 Å². The van der Waals surface area contributed by atoms with Gasteiger partial charge in [-0.05, 0) is 43.2 Å². The van der Waals surface area contributed by atoms with Gasteiger partial charge in [-0.15, -0.1) is 0 Å². The molecule has 0 bridgehead atoms. The fourth-order valence-corrected chi connectivity index (χ4v) is 2.97. The minimum atomic E-state index is 0.184. The van der Waals surface area contributed by atoms with E-state index >= 15 is 0 Å². The first kappa shape index (κ1) is 14.1. The van der Waals surface area contributed by atoms with E-state index < -0.39 is 0 Å². The van der Waals surface area contributed by atoms with Crippen molar-refractivity contribution in [2.24, 2.45) is 10.9 Å². The van der Waals surface area contributed by atoms with Crippen molar-refractivity contribution in [3.63, 3.8) is 0 Å². The van der Waals surface area contributed by atoms with E-state index in [1.165, 1.54) is 17.3 Å². The van der Waals surface area contributed by atoms with Crippen LogP contribution in [0.25, 0.3) is 0 Å². The van der Waals surface area contributed by atoms with Crippen molar-refractivity contribution in [1.82, 2.24) is 4.90 Å². The lowest BCUT2D eigenvalue weighted by atomic mass is 10.1. The quantitative estimate of drug-likeness (QED) is 0.846. The number of hydrogen-bond acceptors (Lipinski definition) is 3. The monoisotopic (exact) mass is 276 g/mol. The molecule has 3 nitrogen and oxygen atoms in total. The summed E-state index contributed by atoms with van der Waals surface area (Å²) in [6, 6.07) is 6.20. The molecular weight excluding hydrogens is 256 g/mol. The Bertz CT molecular complexity index is 523. The Morgan fingerprint density at radius 1 is 1.37 bits per heavy atom. The van der Waals surface area contributed by atoms with E-state index in [0.717, 1.165) is 23.0 Å². The summed E-state index contributed by atoms with van der Waals surface area (Å²) < 4.78 is 0. The lowest BCUT2D eigenvalue weighted by Gasteiger charge is -2.19. The van der Waals surface area contributed by atoms with Gasteiger partial charge in [-0.25, -0.2) is 4.99 Å². The smallest absolute Gasteiger partial charge is 0.215 e. The first-order chi connectivity index (χ1) is 8.95. The number of aryl methyl sites for hydroxylation is 2. The van der Waals surface area contributed by atoms with Crippen molar-refractivity contribution in [3.05, 3.63) is 29.3 Å². The summed E-state index contributed by atoms with van der Waals surface area (Å²) in [6.07, 6.45) is 0. The van der Waals surface area contributed by atoms with E-state index in [1.54, 1.807) is 0 Å². The second-order valence-electron chi connectivity index (χ2n) is 5.43. The third kappa shape index (κ3) is 3.60. The van der Waals surface area contributed by atoms with Gasteiger partial charge in [0.25, 0.3) is 0 Å². The second kappa shape index (κ2) is 5.78. The Kier molecular flexibility index (Phi) is 4.30. The largest absolute Gasteiger partial charge is 0.342 e. The summed E-state index contributed by atoms with van der Waals surface area (Å²) in [5.41, 5.74) is 3.34. The molecule has 4 heteroatoms. The zero-order valence-corrected chi connectivity index (χ0v) is 12.8. The number of benzene rings is 1. The van der Waals surface area contributed by atoms with Gasteiger partial charge in [-0.2, -0.15) is 0 Å². The van der Waals surface area contributed by atoms with Gasteiger partial charge in [-0.3, -0.25) is 4.79 Å². The highest BCUT2D eigenvalue weighted by Crippen LogP contribution is 2.27. The number of amidine groups is 1. The third-order valence-electron chi connectivity index (χ3n) is 2.95. The Hall–Kier alpha value is -1.29. The molecular formula is C15H20N2OS. The number of carbonyl (C=O) groups excluding carboxylic acids is 1. The number of nitrogens with zero attached hydrogens (tertiary/aromatic N) is 2. The Morgan fingerprint density at radius 2 is 2.11 bits per heavy atom. The molecule has 2 rings (SSSR count). The molecule has 0 atom stereocenters. The molecule has 0 amide bonds. The fourth-order valence-electron chi connectivity index (χ4n) is 2.13. The topological polar surface area (TPSA) is 32.7 Å². The first-order valence-electron chi connectivity index (χ1n) is 6.57. The maximum atomic E-state index is 11.6. The van der Waals surface area contributed by atoms with Crippen molar-refractivity contribution >= 4 is 27.7 Å². The summed E-state index contributed by atoms with van der Waals surface area (Å²) in [5.74, 6) is 0.524. The molecule has 1 aromatic carbocycles. The average Bonchev–Trinajstić information content (AvgIpc) is 2.62. The van der Waals surface area contributed by atoms with Crippen molar-refractivity contribution < 1.29 is 4.79 Å². The molecule has 102 valence electrons. The summed E-state index contributed by atoms with van der Waals surface area (Å²) in [5, 5.41) is 1.02. The molecule has 1 aliphatic heterocycles. The van der Waals surface area contributed by atoms with E-state index in [2.05, 4.69) is 49.7 Å². The molecule has 0 aromatic heterocycles. The van der Waals surface area contributed by atoms with Crippen LogP contribution in [0.4, 0.5) is 5.69 Å². The van der Waals surface area contributed by atoms with Crippen molar-refractivity contribution in [3.8, 4) is 0 Å². The van der Waals surface area contributed by atoms with Crippen molar-refractivity contribution in [2.45, 2.75) is 27.7 Å². The Balaban J connectivity index is 2.27. The third-order valence-corrected chi connectivity index (χ3v) is 3.84. The maximum absolute atomic E-state index is 11.6. The van der Waals surface area contributed by atoms with Crippen LogP contribution in [0.5, 0.6) is 0 Å². The second-order valence-corrected chi connectivity index (χ2v) is 6.46. The van der Waals surface area contributed by atoms with Gasteiger partial charge >= 0.3 is 0 Å². The number of carbonyl (C=O) groups is 1. The molecule has 0 unspecified atom stereocenters. The van der Waals surface area contributed by atoms with Gasteiger partial charge in [0.05, 0.1) is 12.2 Å². The number of thioether (sulfide) groups is 1. The van der Waals surface area contributed by atoms with Crippen LogP contribution < -0.4 is 0 Å². The van der Waals surface area contributed by atoms with E-state index in [1.807, 2.05) is 6.07 Å². The van der Waals surface area contributed by atoms with Gasteiger partial charge in [0.2, 0.25) is 5.12 Å². The molecule has 0 aliphatic carbocycles. The molecule has 1 aromatic rings. The summed E-state index contributed by atoms with van der Waals surface area (Å²) in [6.45, 7) is 9.79. The predicted octanol–water partition coefficient (Wildman–Crippen LogP) is 3.52. The lowest BCUT2D eigenvalue weighted by Crippen LogP contribution is -2.29. The molecule has 1 aliphatic rings. The maximum Gasteiger partial charge on any atom is 0.215 e. The Morgan fingerprint density at radius 3 is 2.74 bits per heavy atom. The van der Waals surface area contributed by atoms with Crippen LogP contribution in [0.3, 0.4) is 0 Å². The highest BCUT2D eigenvalue weighted by atomic mass is 32.2. The van der Waals surface area contributed by atoms with Crippen LogP contribution in [0, 0.1) is 19.8 Å². The first-order valence-corrected chi connectivity index (χ1v) is 7.39. The minimum absolute atomic E-state index is 0.184. The van der Waals surface area contributed by atoms with Crippen LogP contribution in [-0.4, -0.2) is 28.3 Å². The Labute approximate surface area is 119 Å². The van der Waals surface area contributed by atoms with E-state index in [4.69, 9.17) is 0 Å². The molecule has 0 N–H and O–H groups in total. The molecule has 1 heterocycles. The molecule has 0 spiro atoms.